The number of carbonyl (C=O) groups excluding carboxylic acids is 4. The number of nitrogens with one attached hydrogen (secondary N) is 1. The number of halogens is 1. The van der Waals surface area contributed by atoms with E-state index in [1.54, 1.807) is 28.0 Å². The van der Waals surface area contributed by atoms with Crippen LogP contribution in [-0.4, -0.2) is 103 Å². The summed E-state index contributed by atoms with van der Waals surface area (Å²) >= 11 is 9.69. The Bertz CT molecular complexity index is 2190. The van der Waals surface area contributed by atoms with Crippen molar-refractivity contribution in [2.45, 2.75) is 70.0 Å². The largest absolute Gasteiger partial charge is 0.340 e. The van der Waals surface area contributed by atoms with Crippen LogP contribution in [0.2, 0.25) is 5.02 Å². The molecular formula is C39H41ClN8O4S2. The summed E-state index contributed by atoms with van der Waals surface area (Å²) in [6, 6.07) is 12.4. The van der Waals surface area contributed by atoms with E-state index in [1.807, 2.05) is 54.3 Å². The molecule has 0 bridgehead atoms. The first-order valence-electron chi connectivity index (χ1n) is 18.3. The highest BCUT2D eigenvalue weighted by atomic mass is 35.5. The summed E-state index contributed by atoms with van der Waals surface area (Å²) in [7, 11) is 0. The van der Waals surface area contributed by atoms with Gasteiger partial charge in [0.1, 0.15) is 22.9 Å². The molecular weight excluding hydrogens is 744 g/mol. The van der Waals surface area contributed by atoms with Crippen LogP contribution in [0.25, 0.3) is 5.00 Å². The quantitative estimate of drug-likeness (QED) is 0.138. The first-order chi connectivity index (χ1) is 26.1. The second kappa shape index (κ2) is 15.0. The van der Waals surface area contributed by atoms with Gasteiger partial charge in [0.2, 0.25) is 17.7 Å². The Morgan fingerprint density at radius 2 is 1.80 bits per heavy atom. The number of carbonyl (C=O) groups is 4. The second-order valence-corrected chi connectivity index (χ2v) is 17.0. The average Bonchev–Trinajstić information content (AvgIpc) is 3.77. The standard InChI is InChI=1S/C39H41ClN8O4S2/c1-22-23(2)54-39-34(22)35(25-8-10-26(40)11-9-25)41-29(36-44-43-24(3)48(36)39)20-33(50)46-17-15-45(16-18-46)14-5-19-53-31-7-4-6-27-28(31)21-47(38(27)52)30-12-13-32(49)42-37(30)51/h4,6-11,29-30H,5,12-21H2,1-3H3,(H,42,49,51)/t29-,30?/m0/s1. The van der Waals surface area contributed by atoms with Gasteiger partial charge in [-0.05, 0) is 81.3 Å². The molecule has 12 nitrogen and oxygen atoms in total. The van der Waals surface area contributed by atoms with Crippen molar-refractivity contribution >= 4 is 64.0 Å². The number of amides is 4. The fourth-order valence-corrected chi connectivity index (χ4v) is 10.2. The lowest BCUT2D eigenvalue weighted by molar-refractivity contribution is -0.137. The predicted octanol–water partition coefficient (Wildman–Crippen LogP) is 5.28. The maximum absolute atomic E-state index is 13.9. The number of nitrogens with zero attached hydrogens (tertiary/aromatic N) is 7. The molecule has 2 aromatic heterocycles. The summed E-state index contributed by atoms with van der Waals surface area (Å²) in [4.78, 5) is 64.7. The van der Waals surface area contributed by atoms with E-state index >= 15 is 0 Å². The van der Waals surface area contributed by atoms with Crippen molar-refractivity contribution in [3.05, 3.63) is 91.8 Å². The first-order valence-corrected chi connectivity index (χ1v) is 20.5. The molecule has 0 radical (unpaired) electrons. The Balaban J connectivity index is 0.878. The minimum atomic E-state index is -0.620. The number of piperidine rings is 1. The van der Waals surface area contributed by atoms with E-state index in [-0.39, 0.29) is 30.6 Å². The van der Waals surface area contributed by atoms with Gasteiger partial charge in [-0.25, -0.2) is 0 Å². The van der Waals surface area contributed by atoms with Crippen LogP contribution in [0.5, 0.6) is 0 Å². The number of hydrogen-bond donors (Lipinski definition) is 1. The van der Waals surface area contributed by atoms with Crippen LogP contribution < -0.4 is 5.32 Å². The van der Waals surface area contributed by atoms with Crippen molar-refractivity contribution in [1.29, 1.82) is 0 Å². The number of thioether (sulfide) groups is 1. The number of imide groups is 1. The van der Waals surface area contributed by atoms with Crippen LogP contribution in [0.3, 0.4) is 0 Å². The molecule has 4 aromatic rings. The van der Waals surface area contributed by atoms with Gasteiger partial charge < -0.3 is 9.80 Å². The van der Waals surface area contributed by atoms with E-state index in [1.165, 1.54) is 4.88 Å². The van der Waals surface area contributed by atoms with Crippen molar-refractivity contribution < 1.29 is 19.2 Å². The lowest BCUT2D eigenvalue weighted by Crippen LogP contribution is -2.52. The number of aryl methyl sites for hydroxylation is 2. The van der Waals surface area contributed by atoms with Gasteiger partial charge in [0.25, 0.3) is 5.91 Å². The molecule has 4 aliphatic rings. The third kappa shape index (κ3) is 6.89. The van der Waals surface area contributed by atoms with Gasteiger partial charge in [-0.2, -0.15) is 0 Å². The number of rotatable bonds is 9. The average molecular weight is 785 g/mol. The topological polar surface area (TPSA) is 133 Å². The molecule has 4 amide bonds. The number of benzene rings is 2. The summed E-state index contributed by atoms with van der Waals surface area (Å²) < 4.78 is 2.08. The lowest BCUT2D eigenvalue weighted by atomic mass is 9.99. The molecule has 15 heteroatoms. The van der Waals surface area contributed by atoms with Gasteiger partial charge in [-0.1, -0.05) is 29.8 Å². The van der Waals surface area contributed by atoms with E-state index < -0.39 is 18.0 Å². The third-order valence-corrected chi connectivity index (χ3v) is 13.5. The number of piperazine rings is 1. The maximum Gasteiger partial charge on any atom is 0.255 e. The van der Waals surface area contributed by atoms with E-state index in [2.05, 4.69) is 38.8 Å². The molecule has 280 valence electrons. The van der Waals surface area contributed by atoms with Crippen LogP contribution in [0.1, 0.15) is 80.9 Å². The molecule has 6 heterocycles. The maximum atomic E-state index is 13.9. The van der Waals surface area contributed by atoms with Gasteiger partial charge in [-0.15, -0.1) is 33.3 Å². The Morgan fingerprint density at radius 3 is 2.56 bits per heavy atom. The van der Waals surface area contributed by atoms with Gasteiger partial charge in [0, 0.05) is 70.6 Å². The Kier molecular flexibility index (Phi) is 10.2. The molecule has 1 unspecified atom stereocenters. The van der Waals surface area contributed by atoms with Crippen LogP contribution in [0.15, 0.2) is 52.4 Å². The molecule has 0 saturated carbocycles. The number of aliphatic imine (C=N–C) groups is 1. The highest BCUT2D eigenvalue weighted by Crippen LogP contribution is 2.40. The molecule has 0 spiro atoms. The van der Waals surface area contributed by atoms with Gasteiger partial charge in [-0.3, -0.25) is 39.0 Å². The molecule has 2 saturated heterocycles. The van der Waals surface area contributed by atoms with Crippen molar-refractivity contribution in [3.63, 3.8) is 0 Å². The van der Waals surface area contributed by atoms with Crippen LogP contribution in [-0.2, 0) is 20.9 Å². The van der Waals surface area contributed by atoms with Crippen molar-refractivity contribution in [1.82, 2.24) is 34.8 Å². The number of fused-ring (bicyclic) bond motifs is 4. The fourth-order valence-electron chi connectivity index (χ4n) is 7.81. The molecule has 8 rings (SSSR count). The Labute approximate surface area is 327 Å². The number of hydrogen-bond acceptors (Lipinski definition) is 10. The molecule has 1 N–H and O–H groups in total. The van der Waals surface area contributed by atoms with Crippen LogP contribution >= 0.6 is 34.7 Å². The van der Waals surface area contributed by atoms with E-state index in [4.69, 9.17) is 16.6 Å². The fraction of sp³-hybridized carbons (Fsp3) is 0.410. The predicted molar refractivity (Wildman–Crippen MR) is 209 cm³/mol. The third-order valence-electron chi connectivity index (χ3n) is 10.9. The summed E-state index contributed by atoms with van der Waals surface area (Å²) in [5.41, 5.74) is 5.58. The normalized spacial score (nSPS) is 20.0. The smallest absolute Gasteiger partial charge is 0.255 e. The molecule has 2 aromatic carbocycles. The SMILES string of the molecule is Cc1sc2c(c1C)C(c1ccc(Cl)cc1)=N[C@@H](CC(=O)N1CCN(CCCSc3cccc4c3CN(C3CCC(=O)NC3=O)C4=O)CC1)c1nnc(C)n1-2. The number of aromatic nitrogens is 3. The van der Waals surface area contributed by atoms with E-state index in [0.717, 1.165) is 75.5 Å². The van der Waals surface area contributed by atoms with Crippen LogP contribution in [0.4, 0.5) is 0 Å². The Hall–Kier alpha value is -4.37. The van der Waals surface area contributed by atoms with Crippen molar-refractivity contribution in [2.24, 2.45) is 4.99 Å². The zero-order valence-corrected chi connectivity index (χ0v) is 32.8. The van der Waals surface area contributed by atoms with Gasteiger partial charge >= 0.3 is 0 Å². The number of thiophene rings is 1. The molecule has 0 aliphatic carbocycles. The van der Waals surface area contributed by atoms with Crippen molar-refractivity contribution in [3.8, 4) is 5.00 Å². The van der Waals surface area contributed by atoms with Crippen molar-refractivity contribution in [2.75, 3.05) is 38.5 Å². The minimum absolute atomic E-state index is 0.0543. The molecule has 4 aliphatic heterocycles. The summed E-state index contributed by atoms with van der Waals surface area (Å²) in [5, 5.41) is 13.0. The summed E-state index contributed by atoms with van der Waals surface area (Å²) in [6.45, 7) is 10.3. The highest BCUT2D eigenvalue weighted by molar-refractivity contribution is 7.99. The monoisotopic (exact) mass is 784 g/mol. The summed E-state index contributed by atoms with van der Waals surface area (Å²) in [5.74, 6) is 1.54. The zero-order chi connectivity index (χ0) is 37.7. The molecule has 2 fully saturated rings. The van der Waals surface area contributed by atoms with E-state index in [9.17, 15) is 19.2 Å². The van der Waals surface area contributed by atoms with Gasteiger partial charge in [0.05, 0.1) is 12.1 Å². The zero-order valence-electron chi connectivity index (χ0n) is 30.4. The Morgan fingerprint density at radius 1 is 1.02 bits per heavy atom. The lowest BCUT2D eigenvalue weighted by Gasteiger charge is -2.35. The highest BCUT2D eigenvalue weighted by Gasteiger charge is 2.40. The van der Waals surface area contributed by atoms with Crippen LogP contribution in [0, 0.1) is 20.8 Å². The summed E-state index contributed by atoms with van der Waals surface area (Å²) in [6.07, 6.45) is 1.74. The molecule has 2 atom stereocenters. The second-order valence-electron chi connectivity index (χ2n) is 14.2. The van der Waals surface area contributed by atoms with Gasteiger partial charge in [0.15, 0.2) is 5.82 Å². The first kappa shape index (κ1) is 36.6. The van der Waals surface area contributed by atoms with E-state index in [0.29, 0.717) is 42.5 Å². The minimum Gasteiger partial charge on any atom is -0.340 e. The molecule has 54 heavy (non-hydrogen) atoms.